The molecule has 2 N–H and O–H groups in total. The van der Waals surface area contributed by atoms with E-state index in [-0.39, 0.29) is 12.0 Å². The fourth-order valence-corrected chi connectivity index (χ4v) is 3.49. The zero-order valence-electron chi connectivity index (χ0n) is 12.1. The largest absolute Gasteiger partial charge is 0.478 e. The second-order valence-corrected chi connectivity index (χ2v) is 6.59. The van der Waals surface area contributed by atoms with Crippen molar-refractivity contribution in [1.82, 2.24) is 4.90 Å². The SMILES string of the molecule is Cc1cc(C(=O)N(C)CC2CC(O)C2)sc1/C=C/C(=O)O. The molecule has 1 aromatic heterocycles. The van der Waals surface area contributed by atoms with E-state index in [0.29, 0.717) is 17.3 Å². The number of aliphatic hydroxyl groups is 1. The quantitative estimate of drug-likeness (QED) is 0.816. The number of thiophene rings is 1. The predicted molar refractivity (Wildman–Crippen MR) is 81.4 cm³/mol. The summed E-state index contributed by atoms with van der Waals surface area (Å²) in [7, 11) is 1.76. The Balaban J connectivity index is 2.02. The van der Waals surface area contributed by atoms with Crippen molar-refractivity contribution >= 4 is 29.3 Å². The van der Waals surface area contributed by atoms with Crippen LogP contribution in [0.15, 0.2) is 12.1 Å². The molecule has 0 bridgehead atoms. The maximum atomic E-state index is 12.3. The summed E-state index contributed by atoms with van der Waals surface area (Å²) in [6.07, 6.45) is 3.89. The minimum atomic E-state index is -1.00. The Morgan fingerprint density at radius 1 is 1.48 bits per heavy atom. The summed E-state index contributed by atoms with van der Waals surface area (Å²) in [5, 5.41) is 17.9. The average Bonchev–Trinajstić information content (AvgIpc) is 2.75. The third-order valence-corrected chi connectivity index (χ3v) is 4.82. The molecule has 0 atom stereocenters. The first-order valence-electron chi connectivity index (χ1n) is 6.81. The smallest absolute Gasteiger partial charge is 0.328 e. The zero-order valence-corrected chi connectivity index (χ0v) is 12.9. The predicted octanol–water partition coefficient (Wildman–Crippen LogP) is 2.00. The number of carbonyl (C=O) groups excluding carboxylic acids is 1. The summed E-state index contributed by atoms with van der Waals surface area (Å²) in [6, 6.07) is 1.79. The van der Waals surface area contributed by atoms with Crippen molar-refractivity contribution < 1.29 is 19.8 Å². The van der Waals surface area contributed by atoms with Crippen LogP contribution in [-0.4, -0.2) is 46.7 Å². The number of amides is 1. The maximum absolute atomic E-state index is 12.3. The van der Waals surface area contributed by atoms with Crippen molar-refractivity contribution in [2.24, 2.45) is 5.92 Å². The Bertz CT molecular complexity index is 572. The van der Waals surface area contributed by atoms with Crippen LogP contribution in [0.3, 0.4) is 0 Å². The third-order valence-electron chi connectivity index (χ3n) is 3.63. The van der Waals surface area contributed by atoms with Gasteiger partial charge in [-0.05, 0) is 43.4 Å². The van der Waals surface area contributed by atoms with Crippen LogP contribution in [0.4, 0.5) is 0 Å². The van der Waals surface area contributed by atoms with Crippen molar-refractivity contribution in [2.45, 2.75) is 25.9 Å². The first-order valence-corrected chi connectivity index (χ1v) is 7.63. The van der Waals surface area contributed by atoms with E-state index < -0.39 is 5.97 Å². The van der Waals surface area contributed by atoms with E-state index in [1.807, 2.05) is 6.92 Å². The topological polar surface area (TPSA) is 77.8 Å². The van der Waals surface area contributed by atoms with Crippen LogP contribution in [0.2, 0.25) is 0 Å². The Hall–Kier alpha value is -1.66. The fraction of sp³-hybridized carbons (Fsp3) is 0.467. The molecule has 6 heteroatoms. The first-order chi connectivity index (χ1) is 9.86. The van der Waals surface area contributed by atoms with Gasteiger partial charge < -0.3 is 15.1 Å². The van der Waals surface area contributed by atoms with Gasteiger partial charge in [-0.25, -0.2) is 4.79 Å². The fourth-order valence-electron chi connectivity index (χ4n) is 2.42. The van der Waals surface area contributed by atoms with Gasteiger partial charge in [0, 0.05) is 24.5 Å². The van der Waals surface area contributed by atoms with Crippen LogP contribution in [0.25, 0.3) is 6.08 Å². The number of nitrogens with zero attached hydrogens (tertiary/aromatic N) is 1. The highest BCUT2D eigenvalue weighted by molar-refractivity contribution is 7.15. The first kappa shape index (κ1) is 15.7. The Morgan fingerprint density at radius 3 is 2.71 bits per heavy atom. The number of hydrogen-bond donors (Lipinski definition) is 2. The highest BCUT2D eigenvalue weighted by Gasteiger charge is 2.29. The van der Waals surface area contributed by atoms with E-state index in [1.54, 1.807) is 18.0 Å². The molecular weight excluding hydrogens is 290 g/mol. The van der Waals surface area contributed by atoms with E-state index in [2.05, 4.69) is 0 Å². The van der Waals surface area contributed by atoms with Gasteiger partial charge in [-0.15, -0.1) is 11.3 Å². The van der Waals surface area contributed by atoms with Crippen LogP contribution in [0, 0.1) is 12.8 Å². The molecule has 1 heterocycles. The number of aliphatic carboxylic acids is 1. The number of aryl methyl sites for hydroxylation is 1. The highest BCUT2D eigenvalue weighted by Crippen LogP contribution is 2.29. The number of aliphatic hydroxyl groups excluding tert-OH is 1. The Morgan fingerprint density at radius 2 is 2.14 bits per heavy atom. The van der Waals surface area contributed by atoms with Gasteiger partial charge in [-0.3, -0.25) is 4.79 Å². The second-order valence-electron chi connectivity index (χ2n) is 5.51. The minimum Gasteiger partial charge on any atom is -0.478 e. The molecule has 21 heavy (non-hydrogen) atoms. The molecule has 1 fully saturated rings. The van der Waals surface area contributed by atoms with Gasteiger partial charge in [0.05, 0.1) is 11.0 Å². The summed E-state index contributed by atoms with van der Waals surface area (Å²) in [6.45, 7) is 2.50. The van der Waals surface area contributed by atoms with Crippen molar-refractivity contribution in [3.63, 3.8) is 0 Å². The molecule has 1 aromatic rings. The molecule has 1 aliphatic carbocycles. The van der Waals surface area contributed by atoms with Crippen LogP contribution in [0.1, 0.15) is 33.0 Å². The highest BCUT2D eigenvalue weighted by atomic mass is 32.1. The lowest BCUT2D eigenvalue weighted by Gasteiger charge is -2.34. The molecule has 5 nitrogen and oxygen atoms in total. The van der Waals surface area contributed by atoms with Crippen molar-refractivity contribution in [3.8, 4) is 0 Å². The summed E-state index contributed by atoms with van der Waals surface area (Å²) < 4.78 is 0. The van der Waals surface area contributed by atoms with E-state index in [4.69, 9.17) is 5.11 Å². The molecule has 114 valence electrons. The molecule has 1 amide bonds. The van der Waals surface area contributed by atoms with Crippen LogP contribution >= 0.6 is 11.3 Å². The lowest BCUT2D eigenvalue weighted by molar-refractivity contribution is -0.131. The van der Waals surface area contributed by atoms with Crippen molar-refractivity contribution in [1.29, 1.82) is 0 Å². The van der Waals surface area contributed by atoms with Crippen molar-refractivity contribution in [2.75, 3.05) is 13.6 Å². The van der Waals surface area contributed by atoms with Gasteiger partial charge in [0.25, 0.3) is 5.91 Å². The molecule has 0 unspecified atom stereocenters. The molecule has 0 aromatic carbocycles. The molecule has 1 aliphatic rings. The van der Waals surface area contributed by atoms with Gasteiger partial charge in [-0.1, -0.05) is 0 Å². The number of carbonyl (C=O) groups is 2. The molecule has 0 radical (unpaired) electrons. The lowest BCUT2D eigenvalue weighted by Crippen LogP contribution is -2.39. The van der Waals surface area contributed by atoms with Gasteiger partial charge in [0.2, 0.25) is 0 Å². The Labute approximate surface area is 127 Å². The summed E-state index contributed by atoms with van der Waals surface area (Å²) in [5.41, 5.74) is 0.897. The number of hydrogen-bond acceptors (Lipinski definition) is 4. The molecule has 0 saturated heterocycles. The second kappa shape index (κ2) is 6.41. The normalized spacial score (nSPS) is 21.3. The van der Waals surface area contributed by atoms with Crippen LogP contribution in [0.5, 0.6) is 0 Å². The lowest BCUT2D eigenvalue weighted by atomic mass is 9.82. The maximum Gasteiger partial charge on any atom is 0.328 e. The molecular formula is C15H19NO4S. The molecule has 1 saturated carbocycles. The number of carboxylic acids is 1. The van der Waals surface area contributed by atoms with E-state index >= 15 is 0 Å². The number of carboxylic acid groups (broad SMARTS) is 1. The van der Waals surface area contributed by atoms with E-state index in [9.17, 15) is 14.7 Å². The zero-order chi connectivity index (χ0) is 15.6. The molecule has 2 rings (SSSR count). The van der Waals surface area contributed by atoms with Gasteiger partial charge in [-0.2, -0.15) is 0 Å². The van der Waals surface area contributed by atoms with Gasteiger partial charge in [0.1, 0.15) is 0 Å². The van der Waals surface area contributed by atoms with Crippen LogP contribution < -0.4 is 0 Å². The minimum absolute atomic E-state index is 0.0561. The average molecular weight is 309 g/mol. The van der Waals surface area contributed by atoms with Crippen LogP contribution in [-0.2, 0) is 4.79 Å². The van der Waals surface area contributed by atoms with E-state index in [0.717, 1.165) is 29.4 Å². The summed E-state index contributed by atoms with van der Waals surface area (Å²) in [5.74, 6) is -0.683. The molecule has 0 spiro atoms. The van der Waals surface area contributed by atoms with Crippen molar-refractivity contribution in [3.05, 3.63) is 27.5 Å². The monoisotopic (exact) mass is 309 g/mol. The van der Waals surface area contributed by atoms with Gasteiger partial charge >= 0.3 is 5.97 Å². The standard InChI is InChI=1S/C15H19NO4S/c1-9-5-13(21-12(9)3-4-14(18)19)15(20)16(2)8-10-6-11(17)7-10/h3-5,10-11,17H,6-8H2,1-2H3,(H,18,19)/b4-3+. The Kier molecular flexibility index (Phi) is 4.80. The van der Waals surface area contributed by atoms with Gasteiger partial charge in [0.15, 0.2) is 0 Å². The van der Waals surface area contributed by atoms with E-state index in [1.165, 1.54) is 17.4 Å². The summed E-state index contributed by atoms with van der Waals surface area (Å²) >= 11 is 1.30. The number of rotatable bonds is 5. The third kappa shape index (κ3) is 3.92. The summed E-state index contributed by atoms with van der Waals surface area (Å²) in [4.78, 5) is 26.0. The molecule has 0 aliphatic heterocycles.